The average Bonchev–Trinajstić information content (AvgIpc) is 1.52. The zero-order chi connectivity index (χ0) is 74.5. The van der Waals surface area contributed by atoms with Crippen molar-refractivity contribution in [3.05, 3.63) is 362 Å². The maximum atomic E-state index is 6.70. The average molecular weight is 1460 g/mol. The highest BCUT2D eigenvalue weighted by atomic mass is 16.3. The van der Waals surface area contributed by atoms with Crippen LogP contribution in [0.2, 0.25) is 0 Å². The Bertz CT molecular complexity index is 7540. The van der Waals surface area contributed by atoms with Crippen LogP contribution in [-0.2, 0) is 10.8 Å². The Morgan fingerprint density at radius 3 is 0.860 bits per heavy atom. The molecule has 0 bridgehead atoms. The van der Waals surface area contributed by atoms with Crippen LogP contribution in [-0.4, -0.2) is 0 Å². The molecule has 0 atom stereocenters. The van der Waals surface area contributed by atoms with E-state index in [9.17, 15) is 0 Å². The van der Waals surface area contributed by atoms with E-state index in [4.69, 9.17) is 17.7 Å². The van der Waals surface area contributed by atoms with Gasteiger partial charge in [-0.2, -0.15) is 0 Å². The number of benzene rings is 18. The Hall–Kier alpha value is -13.8. The summed E-state index contributed by atoms with van der Waals surface area (Å²) in [6.07, 6.45) is 9.90. The van der Waals surface area contributed by atoms with Crippen molar-refractivity contribution in [1.82, 2.24) is 0 Å². The number of furan rings is 4. The number of hydrogen-bond acceptors (Lipinski definition) is 4. The van der Waals surface area contributed by atoms with Crippen LogP contribution >= 0.6 is 0 Å². The van der Waals surface area contributed by atoms with Gasteiger partial charge in [-0.3, -0.25) is 0 Å². The van der Waals surface area contributed by atoms with Gasteiger partial charge in [0.15, 0.2) is 0 Å². The molecule has 4 aliphatic carbocycles. The fourth-order valence-electron chi connectivity index (χ4n) is 22.1. The molecule has 114 heavy (non-hydrogen) atoms. The molecular weight excluding hydrogens is 1390 g/mol. The van der Waals surface area contributed by atoms with Crippen molar-refractivity contribution >= 4 is 131 Å². The van der Waals surface area contributed by atoms with Gasteiger partial charge in [0.2, 0.25) is 0 Å². The maximum Gasteiger partial charge on any atom is 0.143 e. The van der Waals surface area contributed by atoms with Crippen LogP contribution in [0.25, 0.3) is 220 Å². The SMILES string of the molecule is c1ccc2c(c1)-c1c(-c3c4cccc(-c5ccc6c(c5)oc5ccccc56)c4cc4c(-c5ccc6c(c5)oc5ccccc56)cccc34)cccc1C21CCCC1.c1ccc2c(c1)-c1c(-c3c4cccc(-c5cccc6c5oc5ccccc56)c4cc4c(-c5cccc6c5oc5ccccc56)cccc34)cccc1C21CCCC1. The lowest BCUT2D eigenvalue weighted by molar-refractivity contribution is 0.550. The third kappa shape index (κ3) is 9.05. The van der Waals surface area contributed by atoms with E-state index in [0.717, 1.165) is 121 Å². The van der Waals surface area contributed by atoms with Crippen molar-refractivity contribution in [2.24, 2.45) is 0 Å². The molecule has 2 spiro atoms. The van der Waals surface area contributed by atoms with Gasteiger partial charge in [-0.25, -0.2) is 0 Å². The largest absolute Gasteiger partial charge is 0.456 e. The Morgan fingerprint density at radius 2 is 0.447 bits per heavy atom. The van der Waals surface area contributed by atoms with E-state index in [0.29, 0.717) is 0 Å². The van der Waals surface area contributed by atoms with Gasteiger partial charge in [0.25, 0.3) is 0 Å². The van der Waals surface area contributed by atoms with Gasteiger partial charge in [-0.05, 0) is 230 Å². The summed E-state index contributed by atoms with van der Waals surface area (Å²) in [6, 6.07) is 125. The Balaban J connectivity index is 0.000000129. The summed E-state index contributed by atoms with van der Waals surface area (Å²) < 4.78 is 26.3. The van der Waals surface area contributed by atoms with E-state index in [-0.39, 0.29) is 10.8 Å². The van der Waals surface area contributed by atoms with Crippen molar-refractivity contribution in [2.45, 2.75) is 62.2 Å². The van der Waals surface area contributed by atoms with Gasteiger partial charge < -0.3 is 17.7 Å². The molecule has 4 heteroatoms. The summed E-state index contributed by atoms with van der Waals surface area (Å²) in [6.45, 7) is 0. The highest BCUT2D eigenvalue weighted by Crippen LogP contribution is 2.63. The molecule has 0 radical (unpaired) electrons. The van der Waals surface area contributed by atoms with E-state index in [1.807, 2.05) is 12.1 Å². The second kappa shape index (κ2) is 24.4. The molecule has 0 amide bonds. The van der Waals surface area contributed by atoms with Crippen LogP contribution in [0.15, 0.2) is 357 Å². The lowest BCUT2D eigenvalue weighted by Crippen LogP contribution is -2.20. The molecule has 0 unspecified atom stereocenters. The molecule has 4 aromatic heterocycles. The molecule has 26 rings (SSSR count). The standard InChI is InChI=1S/2C55H36O2/c1-4-26-47-43(16-1)52-44(25-13-27-48(52)55(47)30-7-8-31-55)51-37-19-9-17-33(39-21-11-23-41-35-14-2-5-28-49(35)56-53(39)41)45(37)32-46-34(18-10-20-38(46)51)40-22-12-24-42-36-15-3-6-29-50(36)57-54(40)42;1-4-20-47-43(14-1)54-44(19-11-21-48(54)55(47)28-7-8-29-55)53-41-17-9-15-35(33-24-26-39-37-12-2-5-22-49(37)56-51(39)30-33)45(41)32-46-36(16-10-18-42(46)53)34-25-27-40-38-13-3-6-23-50(38)57-52(40)31-34/h1-6,9-29,32H,7-8,30-31H2;1-6,9-27,30-32H,7-8,28-29H2. The molecule has 536 valence electrons. The summed E-state index contributed by atoms with van der Waals surface area (Å²) in [5.41, 5.74) is 33.5. The van der Waals surface area contributed by atoms with Crippen LogP contribution < -0.4 is 0 Å². The summed E-state index contributed by atoms with van der Waals surface area (Å²) in [7, 11) is 0. The first-order chi connectivity index (χ1) is 56.5. The van der Waals surface area contributed by atoms with E-state index in [1.165, 1.54) is 172 Å². The lowest BCUT2D eigenvalue weighted by Gasteiger charge is -2.27. The highest BCUT2D eigenvalue weighted by molar-refractivity contribution is 6.25. The minimum Gasteiger partial charge on any atom is -0.456 e. The molecule has 18 aromatic carbocycles. The molecule has 0 N–H and O–H groups in total. The first-order valence-electron chi connectivity index (χ1n) is 40.6. The molecular formula is C110H72O4. The number of fused-ring (bicyclic) bond motifs is 26. The Labute approximate surface area is 657 Å². The van der Waals surface area contributed by atoms with Crippen molar-refractivity contribution < 1.29 is 17.7 Å². The number of para-hydroxylation sites is 6. The predicted molar refractivity (Wildman–Crippen MR) is 474 cm³/mol. The Kier molecular flexibility index (Phi) is 13.7. The van der Waals surface area contributed by atoms with Gasteiger partial charge in [0, 0.05) is 65.0 Å². The van der Waals surface area contributed by atoms with Gasteiger partial charge in [0.1, 0.15) is 44.7 Å². The highest BCUT2D eigenvalue weighted by Gasteiger charge is 2.47. The summed E-state index contributed by atoms with van der Waals surface area (Å²) in [5, 5.41) is 19.0. The van der Waals surface area contributed by atoms with Crippen LogP contribution in [0.5, 0.6) is 0 Å². The lowest BCUT2D eigenvalue weighted by atomic mass is 9.76. The number of rotatable bonds is 6. The fourth-order valence-corrected chi connectivity index (χ4v) is 22.1. The maximum absolute atomic E-state index is 6.70. The smallest absolute Gasteiger partial charge is 0.143 e. The van der Waals surface area contributed by atoms with Crippen molar-refractivity contribution in [1.29, 1.82) is 0 Å². The van der Waals surface area contributed by atoms with Gasteiger partial charge in [-0.1, -0.05) is 305 Å². The second-order valence-corrected chi connectivity index (χ2v) is 32.4. The minimum absolute atomic E-state index is 0.0759. The zero-order valence-electron chi connectivity index (χ0n) is 62.6. The van der Waals surface area contributed by atoms with E-state index in [2.05, 4.69) is 328 Å². The Morgan fingerprint density at radius 1 is 0.167 bits per heavy atom. The first kappa shape index (κ1) is 63.9. The first-order valence-corrected chi connectivity index (χ1v) is 40.6. The van der Waals surface area contributed by atoms with E-state index >= 15 is 0 Å². The molecule has 4 nitrogen and oxygen atoms in total. The monoisotopic (exact) mass is 1460 g/mol. The quantitative estimate of drug-likeness (QED) is 0.156. The molecule has 2 saturated carbocycles. The van der Waals surface area contributed by atoms with Crippen molar-refractivity contribution in [3.63, 3.8) is 0 Å². The van der Waals surface area contributed by atoms with Crippen LogP contribution in [0.1, 0.15) is 73.6 Å². The van der Waals surface area contributed by atoms with Crippen LogP contribution in [0.3, 0.4) is 0 Å². The molecule has 2 fully saturated rings. The number of hydrogen-bond donors (Lipinski definition) is 0. The summed E-state index contributed by atoms with van der Waals surface area (Å²) in [4.78, 5) is 0. The van der Waals surface area contributed by atoms with Gasteiger partial charge in [-0.15, -0.1) is 0 Å². The zero-order valence-corrected chi connectivity index (χ0v) is 62.6. The van der Waals surface area contributed by atoms with Crippen LogP contribution in [0.4, 0.5) is 0 Å². The van der Waals surface area contributed by atoms with E-state index < -0.39 is 0 Å². The molecule has 0 aliphatic heterocycles. The van der Waals surface area contributed by atoms with E-state index in [1.54, 1.807) is 0 Å². The molecule has 4 aliphatic rings. The second-order valence-electron chi connectivity index (χ2n) is 32.4. The van der Waals surface area contributed by atoms with Crippen molar-refractivity contribution in [3.8, 4) is 89.0 Å². The third-order valence-corrected chi connectivity index (χ3v) is 26.9. The third-order valence-electron chi connectivity index (χ3n) is 26.9. The normalized spacial score (nSPS) is 14.5. The molecule has 0 saturated heterocycles. The fraction of sp³-hybridized carbons (Fsp3) is 0.0909. The van der Waals surface area contributed by atoms with Gasteiger partial charge in [0.05, 0.1) is 0 Å². The topological polar surface area (TPSA) is 52.6 Å². The van der Waals surface area contributed by atoms with Crippen molar-refractivity contribution in [2.75, 3.05) is 0 Å². The predicted octanol–water partition coefficient (Wildman–Crippen LogP) is 31.3. The summed E-state index contributed by atoms with van der Waals surface area (Å²) >= 11 is 0. The summed E-state index contributed by atoms with van der Waals surface area (Å²) in [5.74, 6) is 0. The minimum atomic E-state index is 0.0759. The van der Waals surface area contributed by atoms with Gasteiger partial charge >= 0.3 is 0 Å². The van der Waals surface area contributed by atoms with Crippen LogP contribution in [0, 0.1) is 0 Å². The molecule has 4 heterocycles. The molecule has 22 aromatic rings.